The molecule has 17 heavy (non-hydrogen) atoms. The molecule has 0 aromatic heterocycles. The molecule has 0 heterocycles. The van der Waals surface area contributed by atoms with Crippen LogP contribution in [0.3, 0.4) is 0 Å². The molecule has 0 saturated carbocycles. The molecule has 0 radical (unpaired) electrons. The van der Waals surface area contributed by atoms with Crippen LogP contribution in [-0.2, 0) is 10.0 Å². The highest BCUT2D eigenvalue weighted by Gasteiger charge is 2.20. The lowest BCUT2D eigenvalue weighted by atomic mass is 10.3. The van der Waals surface area contributed by atoms with E-state index in [1.165, 1.54) is 18.5 Å². The molecule has 0 atom stereocenters. The van der Waals surface area contributed by atoms with Gasteiger partial charge in [0, 0.05) is 12.9 Å². The Hall–Kier alpha value is -0.940. The molecule has 4 nitrogen and oxygen atoms in total. The average Bonchev–Trinajstić information content (AvgIpc) is 2.35. The molecule has 0 N–H and O–H groups in total. The molecule has 0 unspecified atom stereocenters. The fourth-order valence-electron chi connectivity index (χ4n) is 1.41. The number of hydrogen-bond donors (Lipinski definition) is 0. The molecule has 0 fully saturated rings. The molecule has 1 aromatic carbocycles. The van der Waals surface area contributed by atoms with Crippen LogP contribution in [0.1, 0.15) is 6.42 Å². The van der Waals surface area contributed by atoms with Crippen LogP contribution in [0.15, 0.2) is 24.3 Å². The number of alkyl halides is 1. The van der Waals surface area contributed by atoms with Crippen LogP contribution in [0.5, 0.6) is 5.75 Å². The normalized spacial score (nSPS) is 11.2. The summed E-state index contributed by atoms with van der Waals surface area (Å²) in [5.41, 5.74) is 0.532. The SMILES string of the molecule is COc1ccccc1N(C)S(=O)(=O)CCCCl. The van der Waals surface area contributed by atoms with Gasteiger partial charge >= 0.3 is 0 Å². The van der Waals surface area contributed by atoms with Gasteiger partial charge in [-0.2, -0.15) is 0 Å². The molecule has 6 heteroatoms. The fourth-order valence-corrected chi connectivity index (χ4v) is 2.94. The minimum Gasteiger partial charge on any atom is -0.495 e. The van der Waals surface area contributed by atoms with Crippen LogP contribution in [0.4, 0.5) is 5.69 Å². The van der Waals surface area contributed by atoms with Crippen molar-refractivity contribution in [1.29, 1.82) is 0 Å². The summed E-state index contributed by atoms with van der Waals surface area (Å²) in [6.45, 7) is 0. The van der Waals surface area contributed by atoms with E-state index in [-0.39, 0.29) is 5.75 Å². The van der Waals surface area contributed by atoms with Crippen molar-refractivity contribution >= 4 is 27.3 Å². The standard InChI is InChI=1S/C11H16ClNO3S/c1-13(17(14,15)9-5-8-12)10-6-3-4-7-11(10)16-2/h3-4,6-7H,5,8-9H2,1-2H3. The number of halogens is 1. The third kappa shape index (κ3) is 3.51. The molecule has 1 aromatic rings. The topological polar surface area (TPSA) is 46.6 Å². The number of benzene rings is 1. The fraction of sp³-hybridized carbons (Fsp3) is 0.455. The van der Waals surface area contributed by atoms with Crippen LogP contribution >= 0.6 is 11.6 Å². The molecule has 96 valence electrons. The number of ether oxygens (including phenoxy) is 1. The summed E-state index contributed by atoms with van der Waals surface area (Å²) in [5, 5.41) is 0. The third-order valence-electron chi connectivity index (χ3n) is 2.38. The van der Waals surface area contributed by atoms with Crippen molar-refractivity contribution in [2.24, 2.45) is 0 Å². The number of rotatable bonds is 6. The van der Waals surface area contributed by atoms with E-state index >= 15 is 0 Å². The third-order valence-corrected chi connectivity index (χ3v) is 4.48. The minimum absolute atomic E-state index is 0.0328. The Bertz CT molecular complexity index is 462. The zero-order chi connectivity index (χ0) is 12.9. The predicted molar refractivity (Wildman–Crippen MR) is 70.5 cm³/mol. The maximum absolute atomic E-state index is 12.0. The lowest BCUT2D eigenvalue weighted by Gasteiger charge is -2.21. The smallest absolute Gasteiger partial charge is 0.235 e. The molecule has 0 amide bonds. The lowest BCUT2D eigenvalue weighted by molar-refractivity contribution is 0.416. The predicted octanol–water partition coefficient (Wildman–Crippen LogP) is 2.09. The van der Waals surface area contributed by atoms with Crippen molar-refractivity contribution in [3.8, 4) is 5.75 Å². The summed E-state index contributed by atoms with van der Waals surface area (Å²) in [7, 11) is -0.312. The van der Waals surface area contributed by atoms with Gasteiger partial charge < -0.3 is 4.74 Å². The van der Waals surface area contributed by atoms with E-state index in [1.54, 1.807) is 24.3 Å². The van der Waals surface area contributed by atoms with Crippen LogP contribution in [0.2, 0.25) is 0 Å². The van der Waals surface area contributed by atoms with Gasteiger partial charge in [0.15, 0.2) is 0 Å². The highest BCUT2D eigenvalue weighted by atomic mass is 35.5. The second kappa shape index (κ2) is 6.12. The van der Waals surface area contributed by atoms with Gasteiger partial charge in [-0.3, -0.25) is 4.31 Å². The van der Waals surface area contributed by atoms with Gasteiger partial charge in [0.25, 0.3) is 0 Å². The van der Waals surface area contributed by atoms with Crippen LogP contribution < -0.4 is 9.04 Å². The average molecular weight is 278 g/mol. The number of para-hydroxylation sites is 2. The van der Waals surface area contributed by atoms with E-state index in [4.69, 9.17) is 16.3 Å². The summed E-state index contributed by atoms with van der Waals surface area (Å²) in [5.74, 6) is 0.897. The van der Waals surface area contributed by atoms with Gasteiger partial charge in [-0.25, -0.2) is 8.42 Å². The van der Waals surface area contributed by atoms with E-state index in [0.717, 1.165) is 0 Å². The Morgan fingerprint density at radius 2 is 2.00 bits per heavy atom. The monoisotopic (exact) mass is 277 g/mol. The van der Waals surface area contributed by atoms with Gasteiger partial charge in [-0.15, -0.1) is 11.6 Å². The van der Waals surface area contributed by atoms with Gasteiger partial charge in [-0.05, 0) is 18.6 Å². The summed E-state index contributed by atoms with van der Waals surface area (Å²) in [6.07, 6.45) is 0.434. The maximum Gasteiger partial charge on any atom is 0.235 e. The number of hydrogen-bond acceptors (Lipinski definition) is 3. The van der Waals surface area contributed by atoms with Gasteiger partial charge in [0.1, 0.15) is 5.75 Å². The van der Waals surface area contributed by atoms with Crippen LogP contribution in [0, 0.1) is 0 Å². The van der Waals surface area contributed by atoms with Crippen LogP contribution in [0.25, 0.3) is 0 Å². The summed E-state index contributed by atoms with van der Waals surface area (Å²) < 4.78 is 30.3. The van der Waals surface area contributed by atoms with E-state index in [9.17, 15) is 8.42 Å². The number of nitrogens with zero attached hydrogens (tertiary/aromatic N) is 1. The first-order valence-corrected chi connectivity index (χ1v) is 7.33. The van der Waals surface area contributed by atoms with Gasteiger partial charge in [-0.1, -0.05) is 12.1 Å². The van der Waals surface area contributed by atoms with E-state index in [2.05, 4.69) is 0 Å². The Balaban J connectivity index is 2.99. The summed E-state index contributed by atoms with van der Waals surface area (Å²) >= 11 is 5.51. The highest BCUT2D eigenvalue weighted by molar-refractivity contribution is 7.92. The van der Waals surface area contributed by atoms with Gasteiger partial charge in [0.05, 0.1) is 18.6 Å². The van der Waals surface area contributed by atoms with E-state index in [0.29, 0.717) is 23.7 Å². The molecular formula is C11H16ClNO3S. The second-order valence-corrected chi connectivity index (χ2v) is 6.00. The highest BCUT2D eigenvalue weighted by Crippen LogP contribution is 2.28. The maximum atomic E-state index is 12.0. The molecule has 0 spiro atoms. The number of methoxy groups -OCH3 is 1. The first-order valence-electron chi connectivity index (χ1n) is 5.18. The zero-order valence-corrected chi connectivity index (χ0v) is 11.5. The van der Waals surface area contributed by atoms with Crippen molar-refractivity contribution in [3.63, 3.8) is 0 Å². The van der Waals surface area contributed by atoms with Crippen molar-refractivity contribution < 1.29 is 13.2 Å². The molecule has 0 aliphatic rings. The minimum atomic E-state index is -3.34. The van der Waals surface area contributed by atoms with Gasteiger partial charge in [0.2, 0.25) is 10.0 Å². The van der Waals surface area contributed by atoms with E-state index in [1.807, 2.05) is 0 Å². The number of sulfonamides is 1. The van der Waals surface area contributed by atoms with Crippen molar-refractivity contribution in [3.05, 3.63) is 24.3 Å². The van der Waals surface area contributed by atoms with Crippen molar-refractivity contribution in [1.82, 2.24) is 0 Å². The quantitative estimate of drug-likeness (QED) is 0.748. The Labute approximate surface area is 107 Å². The Morgan fingerprint density at radius 1 is 1.35 bits per heavy atom. The Kier molecular flexibility index (Phi) is 5.08. The largest absolute Gasteiger partial charge is 0.495 e. The molecule has 0 bridgehead atoms. The molecule has 1 rings (SSSR count). The molecular weight excluding hydrogens is 262 g/mol. The molecule has 0 saturated heterocycles. The molecule has 0 aliphatic heterocycles. The first-order chi connectivity index (χ1) is 8.03. The summed E-state index contributed by atoms with van der Waals surface area (Å²) in [4.78, 5) is 0. The Morgan fingerprint density at radius 3 is 2.59 bits per heavy atom. The van der Waals surface area contributed by atoms with Crippen molar-refractivity contribution in [2.45, 2.75) is 6.42 Å². The first kappa shape index (κ1) is 14.1. The van der Waals surface area contributed by atoms with Crippen molar-refractivity contribution in [2.75, 3.05) is 30.1 Å². The van der Waals surface area contributed by atoms with E-state index < -0.39 is 10.0 Å². The zero-order valence-electron chi connectivity index (χ0n) is 9.89. The molecule has 0 aliphatic carbocycles. The van der Waals surface area contributed by atoms with Crippen LogP contribution in [-0.4, -0.2) is 34.2 Å². The second-order valence-electron chi connectivity index (χ2n) is 3.50. The lowest BCUT2D eigenvalue weighted by Crippen LogP contribution is -2.29. The number of anilines is 1. The summed E-state index contributed by atoms with van der Waals surface area (Å²) in [6, 6.07) is 6.99.